The lowest BCUT2D eigenvalue weighted by Gasteiger charge is -2.36. The average Bonchev–Trinajstić information content (AvgIpc) is 2.61. The largest absolute Gasteiger partial charge is 0.490 e. The molecule has 10 nitrogen and oxygen atoms in total. The topological polar surface area (TPSA) is 130 Å². The summed E-state index contributed by atoms with van der Waals surface area (Å²) in [6.07, 6.45) is 0.423. The molecule has 1 aliphatic rings. The molecule has 1 aromatic carbocycles. The third kappa shape index (κ3) is 3.94. The smallest absolute Gasteiger partial charge is 0.320 e. The lowest BCUT2D eigenvalue weighted by Crippen LogP contribution is -2.53. The van der Waals surface area contributed by atoms with Crippen molar-refractivity contribution in [3.8, 4) is 5.75 Å². The molecule has 144 valence electrons. The predicted octanol–water partition coefficient (Wildman–Crippen LogP) is 0.773. The average molecular weight is 387 g/mol. The first-order chi connectivity index (χ1) is 12.2. The number of carboxylic acids is 1. The summed E-state index contributed by atoms with van der Waals surface area (Å²) in [7, 11) is -2.65. The van der Waals surface area contributed by atoms with Gasteiger partial charge in [-0.1, -0.05) is 6.92 Å². The molecule has 1 N–H and O–H groups in total. The van der Waals surface area contributed by atoms with E-state index in [9.17, 15) is 28.4 Å². The number of aliphatic carboxylic acids is 1. The number of benzene rings is 1. The Morgan fingerprint density at radius 1 is 1.35 bits per heavy atom. The SMILES string of the molecule is CCC(C(=O)O)N1CCN(S(=O)(=O)c2ccc(OC)c([N+](=O)[O-])c2)CC1. The van der Waals surface area contributed by atoms with E-state index in [0.29, 0.717) is 6.42 Å². The van der Waals surface area contributed by atoms with Crippen LogP contribution < -0.4 is 4.74 Å². The minimum atomic E-state index is -3.92. The highest BCUT2D eigenvalue weighted by molar-refractivity contribution is 7.89. The molecule has 11 heteroatoms. The van der Waals surface area contributed by atoms with Crippen molar-refractivity contribution in [3.63, 3.8) is 0 Å². The first-order valence-corrected chi connectivity index (χ1v) is 9.45. The minimum absolute atomic E-state index is 0.0222. The maximum Gasteiger partial charge on any atom is 0.320 e. The van der Waals surface area contributed by atoms with Crippen LogP contribution in [0, 0.1) is 10.1 Å². The summed E-state index contributed by atoms with van der Waals surface area (Å²) in [6.45, 7) is 2.56. The second kappa shape index (κ2) is 7.98. The van der Waals surface area contributed by atoms with E-state index in [-0.39, 0.29) is 36.8 Å². The number of rotatable bonds is 7. The summed E-state index contributed by atoms with van der Waals surface area (Å²) in [6, 6.07) is 2.84. The number of carboxylic acid groups (broad SMARTS) is 1. The van der Waals surface area contributed by atoms with Crippen LogP contribution in [-0.2, 0) is 14.8 Å². The number of carbonyl (C=O) groups is 1. The molecule has 1 saturated heterocycles. The normalized spacial score (nSPS) is 17.6. The molecule has 0 saturated carbocycles. The Hall–Kier alpha value is -2.24. The van der Waals surface area contributed by atoms with Crippen LogP contribution in [0.1, 0.15) is 13.3 Å². The number of hydrogen-bond donors (Lipinski definition) is 1. The zero-order chi connectivity index (χ0) is 19.5. The van der Waals surface area contributed by atoms with Gasteiger partial charge >= 0.3 is 11.7 Å². The van der Waals surface area contributed by atoms with Gasteiger partial charge in [0.2, 0.25) is 10.0 Å². The highest BCUT2D eigenvalue weighted by atomic mass is 32.2. The molecule has 1 fully saturated rings. The van der Waals surface area contributed by atoms with Crippen molar-refractivity contribution in [3.05, 3.63) is 28.3 Å². The van der Waals surface area contributed by atoms with Crippen LogP contribution in [0.15, 0.2) is 23.1 Å². The summed E-state index contributed by atoms with van der Waals surface area (Å²) in [5, 5.41) is 20.3. The molecule has 26 heavy (non-hydrogen) atoms. The number of methoxy groups -OCH3 is 1. The highest BCUT2D eigenvalue weighted by Gasteiger charge is 2.33. The molecule has 0 bridgehead atoms. The monoisotopic (exact) mass is 387 g/mol. The summed E-state index contributed by atoms with van der Waals surface area (Å²) in [4.78, 5) is 23.2. The van der Waals surface area contributed by atoms with Crippen LogP contribution in [0.4, 0.5) is 5.69 Å². The van der Waals surface area contributed by atoms with E-state index in [1.807, 2.05) is 0 Å². The van der Waals surface area contributed by atoms with Crippen molar-refractivity contribution in [2.75, 3.05) is 33.3 Å². The number of nitro groups is 1. The van der Waals surface area contributed by atoms with E-state index in [4.69, 9.17) is 4.74 Å². The Morgan fingerprint density at radius 2 is 1.96 bits per heavy atom. The lowest BCUT2D eigenvalue weighted by atomic mass is 10.1. The van der Waals surface area contributed by atoms with Gasteiger partial charge in [0.15, 0.2) is 5.75 Å². The van der Waals surface area contributed by atoms with Gasteiger partial charge in [0.05, 0.1) is 16.9 Å². The second-order valence-electron chi connectivity index (χ2n) is 5.79. The molecule has 0 spiro atoms. The molecule has 2 rings (SSSR count). The third-order valence-electron chi connectivity index (χ3n) is 4.37. The van der Waals surface area contributed by atoms with Crippen molar-refractivity contribution in [2.24, 2.45) is 0 Å². The van der Waals surface area contributed by atoms with Crippen molar-refractivity contribution in [2.45, 2.75) is 24.3 Å². The minimum Gasteiger partial charge on any atom is -0.490 e. The van der Waals surface area contributed by atoms with Gasteiger partial charge in [0.25, 0.3) is 0 Å². The first-order valence-electron chi connectivity index (χ1n) is 8.01. The summed E-state index contributed by atoms with van der Waals surface area (Å²) < 4.78 is 31.6. The molecule has 0 amide bonds. The summed E-state index contributed by atoms with van der Waals surface area (Å²) >= 11 is 0. The van der Waals surface area contributed by atoms with E-state index in [2.05, 4.69) is 0 Å². The van der Waals surface area contributed by atoms with Crippen molar-refractivity contribution in [1.82, 2.24) is 9.21 Å². The highest BCUT2D eigenvalue weighted by Crippen LogP contribution is 2.30. The van der Waals surface area contributed by atoms with Crippen LogP contribution in [0.25, 0.3) is 0 Å². The van der Waals surface area contributed by atoms with Gasteiger partial charge < -0.3 is 9.84 Å². The molecule has 1 aliphatic heterocycles. The molecule has 0 aliphatic carbocycles. The van der Waals surface area contributed by atoms with E-state index in [0.717, 1.165) is 6.07 Å². The number of nitro benzene ring substituents is 1. The fraction of sp³-hybridized carbons (Fsp3) is 0.533. The molecule has 1 heterocycles. The number of ether oxygens (including phenoxy) is 1. The van der Waals surface area contributed by atoms with Gasteiger partial charge in [-0.3, -0.25) is 19.8 Å². The molecule has 1 aromatic rings. The van der Waals surface area contributed by atoms with Crippen LogP contribution in [0.3, 0.4) is 0 Å². The zero-order valence-electron chi connectivity index (χ0n) is 14.5. The Bertz CT molecular complexity index is 788. The molecule has 1 atom stereocenters. The Kier molecular flexibility index (Phi) is 6.16. The van der Waals surface area contributed by atoms with Gasteiger partial charge in [0, 0.05) is 32.2 Å². The molecule has 0 aromatic heterocycles. The van der Waals surface area contributed by atoms with Gasteiger partial charge in [-0.05, 0) is 18.6 Å². The Balaban J connectivity index is 2.21. The van der Waals surface area contributed by atoms with Crippen LogP contribution in [-0.4, -0.2) is 73.0 Å². The quantitative estimate of drug-likeness (QED) is 0.536. The number of piperazine rings is 1. The number of hydrogen-bond acceptors (Lipinski definition) is 7. The van der Waals surface area contributed by atoms with Gasteiger partial charge in [-0.25, -0.2) is 8.42 Å². The predicted molar refractivity (Wildman–Crippen MR) is 91.7 cm³/mol. The van der Waals surface area contributed by atoms with E-state index in [1.165, 1.54) is 23.5 Å². The van der Waals surface area contributed by atoms with Crippen molar-refractivity contribution >= 4 is 21.7 Å². The maximum absolute atomic E-state index is 12.8. The molecule has 1 unspecified atom stereocenters. The fourth-order valence-corrected chi connectivity index (χ4v) is 4.41. The fourth-order valence-electron chi connectivity index (χ4n) is 2.97. The Labute approximate surface area is 151 Å². The molecular formula is C15H21N3O7S. The summed E-state index contributed by atoms with van der Waals surface area (Å²) in [5.41, 5.74) is -0.427. The van der Waals surface area contributed by atoms with E-state index < -0.39 is 32.6 Å². The first kappa shape index (κ1) is 20.1. The van der Waals surface area contributed by atoms with Gasteiger partial charge in [-0.2, -0.15) is 4.31 Å². The van der Waals surface area contributed by atoms with E-state index in [1.54, 1.807) is 11.8 Å². The van der Waals surface area contributed by atoms with E-state index >= 15 is 0 Å². The van der Waals surface area contributed by atoms with Gasteiger partial charge in [-0.15, -0.1) is 0 Å². The number of sulfonamides is 1. The van der Waals surface area contributed by atoms with Crippen molar-refractivity contribution in [1.29, 1.82) is 0 Å². The van der Waals surface area contributed by atoms with Crippen LogP contribution in [0.5, 0.6) is 5.75 Å². The molecular weight excluding hydrogens is 366 g/mol. The Morgan fingerprint density at radius 3 is 2.42 bits per heavy atom. The zero-order valence-corrected chi connectivity index (χ0v) is 15.3. The third-order valence-corrected chi connectivity index (χ3v) is 6.27. The maximum atomic E-state index is 12.8. The van der Waals surface area contributed by atoms with Gasteiger partial charge in [0.1, 0.15) is 6.04 Å². The second-order valence-corrected chi connectivity index (χ2v) is 7.73. The van der Waals surface area contributed by atoms with Crippen LogP contribution in [0.2, 0.25) is 0 Å². The standard InChI is InChI=1S/C15H21N3O7S/c1-3-12(15(19)20)16-6-8-17(9-7-16)26(23,24)11-4-5-14(25-2)13(10-11)18(21)22/h4-5,10,12H,3,6-9H2,1-2H3,(H,19,20). The molecule has 0 radical (unpaired) electrons. The summed E-state index contributed by atoms with van der Waals surface area (Å²) in [5.74, 6) is -0.958. The number of nitrogens with zero attached hydrogens (tertiary/aromatic N) is 3. The lowest BCUT2D eigenvalue weighted by molar-refractivity contribution is -0.386. The van der Waals surface area contributed by atoms with Crippen molar-refractivity contribution < 1.29 is 28.0 Å². The van der Waals surface area contributed by atoms with Crippen LogP contribution >= 0.6 is 0 Å².